The molecule has 8 heteroatoms. The molecular weight excluding hydrogens is 369 g/mol. The molecule has 1 aromatic heterocycles. The van der Waals surface area contributed by atoms with Gasteiger partial charge in [0.25, 0.3) is 0 Å². The molecule has 1 fully saturated rings. The predicted octanol–water partition coefficient (Wildman–Crippen LogP) is 2.04. The van der Waals surface area contributed by atoms with E-state index in [1.165, 1.54) is 36.0 Å². The molecule has 0 bridgehead atoms. The lowest BCUT2D eigenvalue weighted by atomic mass is 10.1. The number of carbonyl (C=O) groups is 2. The van der Waals surface area contributed by atoms with Crippen molar-refractivity contribution in [2.75, 3.05) is 24.8 Å². The average Bonchev–Trinajstić information content (AvgIpc) is 2.70. The van der Waals surface area contributed by atoms with Crippen molar-refractivity contribution in [2.45, 2.75) is 17.7 Å². The summed E-state index contributed by atoms with van der Waals surface area (Å²) in [4.78, 5) is 30.6. The third-order valence-electron chi connectivity index (χ3n) is 4.38. The molecule has 0 radical (unpaired) electrons. The van der Waals surface area contributed by atoms with Gasteiger partial charge in [0, 0.05) is 18.9 Å². The maximum atomic E-state index is 13.8. The topological polar surface area (TPSA) is 71.5 Å². The van der Waals surface area contributed by atoms with E-state index in [4.69, 9.17) is 4.74 Å². The number of likely N-dealkylation sites (N-methyl/N-ethyl adjacent to an activating group) is 1. The minimum absolute atomic E-state index is 0.229. The van der Waals surface area contributed by atoms with Crippen molar-refractivity contribution < 1.29 is 18.7 Å². The van der Waals surface area contributed by atoms with E-state index in [-0.39, 0.29) is 17.6 Å². The number of pyridine rings is 1. The Morgan fingerprint density at radius 3 is 2.78 bits per heavy atom. The second kappa shape index (κ2) is 8.39. The first kappa shape index (κ1) is 19.2. The zero-order chi connectivity index (χ0) is 19.4. The van der Waals surface area contributed by atoms with E-state index in [2.05, 4.69) is 10.3 Å². The molecule has 1 aliphatic rings. The van der Waals surface area contributed by atoms with Crippen LogP contribution in [0.4, 0.5) is 10.1 Å². The van der Waals surface area contributed by atoms with Crippen LogP contribution in [0.5, 0.6) is 5.88 Å². The van der Waals surface area contributed by atoms with Gasteiger partial charge < -0.3 is 15.0 Å². The van der Waals surface area contributed by atoms with Gasteiger partial charge in [-0.25, -0.2) is 9.37 Å². The number of hydrogen-bond donors (Lipinski definition) is 1. The number of hydrogen-bond acceptors (Lipinski definition) is 5. The summed E-state index contributed by atoms with van der Waals surface area (Å²) in [6.07, 6.45) is 1.83. The quantitative estimate of drug-likeness (QED) is 0.847. The van der Waals surface area contributed by atoms with Gasteiger partial charge in [-0.3, -0.25) is 9.59 Å². The molecule has 3 rings (SSSR count). The van der Waals surface area contributed by atoms with Gasteiger partial charge in [-0.2, -0.15) is 0 Å². The highest BCUT2D eigenvalue weighted by molar-refractivity contribution is 8.00. The third-order valence-corrected chi connectivity index (χ3v) is 5.69. The van der Waals surface area contributed by atoms with Crippen molar-refractivity contribution in [3.05, 3.63) is 54.0 Å². The second-order valence-corrected chi connectivity index (χ2v) is 7.37. The lowest BCUT2D eigenvalue weighted by Crippen LogP contribution is -2.55. The van der Waals surface area contributed by atoms with Gasteiger partial charge in [0.15, 0.2) is 0 Å². The number of amides is 2. The summed E-state index contributed by atoms with van der Waals surface area (Å²) in [6.45, 7) is 0. The average molecular weight is 389 g/mol. The van der Waals surface area contributed by atoms with Crippen LogP contribution in [0.15, 0.2) is 42.6 Å². The van der Waals surface area contributed by atoms with Crippen molar-refractivity contribution >= 4 is 29.3 Å². The first-order valence-electron chi connectivity index (χ1n) is 8.42. The van der Waals surface area contributed by atoms with Gasteiger partial charge in [-0.15, -0.1) is 11.8 Å². The number of anilines is 1. The Morgan fingerprint density at radius 2 is 2.15 bits per heavy atom. The highest BCUT2D eigenvalue weighted by atomic mass is 32.2. The molecule has 142 valence electrons. The Kier molecular flexibility index (Phi) is 5.95. The molecule has 2 amide bonds. The molecule has 1 N–H and O–H groups in total. The zero-order valence-electron chi connectivity index (χ0n) is 15.0. The Hall–Kier alpha value is -2.61. The highest BCUT2D eigenvalue weighted by Crippen LogP contribution is 2.25. The number of thioether (sulfide) groups is 1. The van der Waals surface area contributed by atoms with Crippen molar-refractivity contribution in [3.8, 4) is 5.88 Å². The maximum absolute atomic E-state index is 13.8. The van der Waals surface area contributed by atoms with E-state index in [1.54, 1.807) is 37.4 Å². The third kappa shape index (κ3) is 4.39. The van der Waals surface area contributed by atoms with Crippen LogP contribution in [0.2, 0.25) is 0 Å². The summed E-state index contributed by atoms with van der Waals surface area (Å²) < 4.78 is 18.8. The van der Waals surface area contributed by atoms with Crippen molar-refractivity contribution in [1.29, 1.82) is 0 Å². The number of benzene rings is 1. The maximum Gasteiger partial charge on any atom is 0.250 e. The fourth-order valence-electron chi connectivity index (χ4n) is 2.80. The van der Waals surface area contributed by atoms with E-state index < -0.39 is 11.3 Å². The molecule has 2 aromatic rings. The lowest BCUT2D eigenvalue weighted by molar-refractivity contribution is -0.127. The Labute approximate surface area is 161 Å². The predicted molar refractivity (Wildman–Crippen MR) is 102 cm³/mol. The molecule has 27 heavy (non-hydrogen) atoms. The molecule has 0 unspecified atom stereocenters. The number of nitrogens with one attached hydrogen (secondary N) is 1. The molecule has 1 aromatic carbocycles. The monoisotopic (exact) mass is 389 g/mol. The van der Waals surface area contributed by atoms with Gasteiger partial charge in [0.2, 0.25) is 17.7 Å². The van der Waals surface area contributed by atoms with E-state index in [1.807, 2.05) is 0 Å². The van der Waals surface area contributed by atoms with E-state index in [9.17, 15) is 14.0 Å². The van der Waals surface area contributed by atoms with Gasteiger partial charge >= 0.3 is 0 Å². The number of nitrogens with zero attached hydrogens (tertiary/aromatic N) is 2. The molecule has 2 atom stereocenters. The summed E-state index contributed by atoms with van der Waals surface area (Å²) in [7, 11) is 3.15. The Balaban J connectivity index is 1.62. The summed E-state index contributed by atoms with van der Waals surface area (Å²) in [6, 6.07) is 9.17. The first-order chi connectivity index (χ1) is 13.0. The summed E-state index contributed by atoms with van der Waals surface area (Å²) in [5, 5.41) is 2.34. The minimum atomic E-state index is -0.633. The number of aromatic nitrogens is 1. The minimum Gasteiger partial charge on any atom is -0.481 e. The number of halogens is 1. The Morgan fingerprint density at radius 1 is 1.37 bits per heavy atom. The van der Waals surface area contributed by atoms with Crippen LogP contribution >= 0.6 is 11.8 Å². The molecule has 0 spiro atoms. The van der Waals surface area contributed by atoms with Crippen LogP contribution in [0, 0.1) is 5.82 Å². The van der Waals surface area contributed by atoms with E-state index in [0.717, 1.165) is 0 Å². The van der Waals surface area contributed by atoms with Crippen LogP contribution in [0.25, 0.3) is 0 Å². The zero-order valence-corrected chi connectivity index (χ0v) is 15.8. The number of rotatable bonds is 5. The standard InChI is InChI=1S/C19H20FN3O3S/c1-23(13-7-8-17(26-2)21-10-13)19(25)15-11-27-16(18(24)22-15)9-12-5-3-4-6-14(12)20/h3-8,10,15-16H,9,11H2,1-2H3,(H,22,24)/t15-,16-/m1/s1. The SMILES string of the molecule is COc1ccc(N(C)C(=O)[C@H]2CS[C@H](Cc3ccccc3F)C(=O)N2)cn1. The van der Waals surface area contributed by atoms with Crippen LogP contribution < -0.4 is 15.0 Å². The molecule has 1 saturated heterocycles. The first-order valence-corrected chi connectivity index (χ1v) is 9.47. The van der Waals surface area contributed by atoms with Crippen LogP contribution in [0.3, 0.4) is 0 Å². The lowest BCUT2D eigenvalue weighted by Gasteiger charge is -2.30. The number of carbonyl (C=O) groups excluding carboxylic acids is 2. The molecule has 2 heterocycles. The molecular formula is C19H20FN3O3S. The van der Waals surface area contributed by atoms with Crippen LogP contribution in [0.1, 0.15) is 5.56 Å². The molecule has 0 saturated carbocycles. The number of ether oxygens (including phenoxy) is 1. The fraction of sp³-hybridized carbons (Fsp3) is 0.316. The summed E-state index contributed by atoms with van der Waals surface area (Å²) in [5.74, 6) is 0.0756. The van der Waals surface area contributed by atoms with Crippen molar-refractivity contribution in [1.82, 2.24) is 10.3 Å². The number of methoxy groups -OCH3 is 1. The van der Waals surface area contributed by atoms with Crippen LogP contribution in [-0.2, 0) is 16.0 Å². The highest BCUT2D eigenvalue weighted by Gasteiger charge is 2.34. The largest absolute Gasteiger partial charge is 0.481 e. The van der Waals surface area contributed by atoms with E-state index in [0.29, 0.717) is 29.3 Å². The molecule has 6 nitrogen and oxygen atoms in total. The fourth-order valence-corrected chi connectivity index (χ4v) is 3.96. The van der Waals surface area contributed by atoms with Crippen molar-refractivity contribution in [3.63, 3.8) is 0 Å². The molecule has 1 aliphatic heterocycles. The normalized spacial score (nSPS) is 19.3. The smallest absolute Gasteiger partial charge is 0.250 e. The van der Waals surface area contributed by atoms with E-state index >= 15 is 0 Å². The Bertz CT molecular complexity index is 831. The van der Waals surface area contributed by atoms with Gasteiger partial charge in [0.1, 0.15) is 11.9 Å². The summed E-state index contributed by atoms with van der Waals surface area (Å²) in [5.41, 5.74) is 1.10. The van der Waals surface area contributed by atoms with Gasteiger partial charge in [-0.05, 0) is 24.1 Å². The second-order valence-electron chi connectivity index (χ2n) is 6.13. The van der Waals surface area contributed by atoms with Crippen molar-refractivity contribution in [2.24, 2.45) is 0 Å². The van der Waals surface area contributed by atoms with Gasteiger partial charge in [-0.1, -0.05) is 18.2 Å². The molecule has 0 aliphatic carbocycles. The van der Waals surface area contributed by atoms with Gasteiger partial charge in [0.05, 0.1) is 24.2 Å². The van der Waals surface area contributed by atoms with Crippen LogP contribution in [-0.4, -0.2) is 48.0 Å². The summed E-state index contributed by atoms with van der Waals surface area (Å²) >= 11 is 1.37.